The summed E-state index contributed by atoms with van der Waals surface area (Å²) in [7, 11) is 5.99. The highest BCUT2D eigenvalue weighted by molar-refractivity contribution is 6.08. The van der Waals surface area contributed by atoms with Gasteiger partial charge in [-0.1, -0.05) is 26.0 Å². The summed E-state index contributed by atoms with van der Waals surface area (Å²) in [5.74, 6) is -1.14. The van der Waals surface area contributed by atoms with Crippen LogP contribution in [0.5, 0.6) is 5.75 Å². The van der Waals surface area contributed by atoms with Gasteiger partial charge in [-0.25, -0.2) is 4.39 Å². The molecule has 10 nitrogen and oxygen atoms in total. The molecule has 3 rings (SSSR count). The van der Waals surface area contributed by atoms with Gasteiger partial charge < -0.3 is 20.3 Å². The minimum atomic E-state index is -0.573. The zero-order valence-corrected chi connectivity index (χ0v) is 24.1. The molecule has 0 unspecified atom stereocenters. The van der Waals surface area contributed by atoms with Crippen LogP contribution >= 0.6 is 0 Å². The molecular weight excluding hydrogens is 517 g/mol. The largest absolute Gasteiger partial charge is 0.484 e. The van der Waals surface area contributed by atoms with Crippen molar-refractivity contribution in [1.82, 2.24) is 14.8 Å². The van der Waals surface area contributed by atoms with Crippen molar-refractivity contribution in [1.29, 1.82) is 0 Å². The van der Waals surface area contributed by atoms with Crippen LogP contribution in [0.25, 0.3) is 0 Å². The Labute approximate surface area is 233 Å². The van der Waals surface area contributed by atoms with Crippen molar-refractivity contribution < 1.29 is 23.5 Å². The topological polar surface area (TPSA) is 113 Å². The van der Waals surface area contributed by atoms with E-state index in [1.165, 1.54) is 62.8 Å². The zero-order valence-electron chi connectivity index (χ0n) is 24.1. The first-order valence-corrected chi connectivity index (χ1v) is 12.7. The third-order valence-electron chi connectivity index (χ3n) is 5.88. The lowest BCUT2D eigenvalue weighted by Crippen LogP contribution is -2.33. The maximum Gasteiger partial charge on any atom is 0.259 e. The number of aryl methyl sites for hydroxylation is 1. The summed E-state index contributed by atoms with van der Waals surface area (Å²) in [5.41, 5.74) is 0.669. The number of nitrogens with one attached hydrogen (secondary N) is 2. The Bertz CT molecular complexity index is 1450. The Balaban J connectivity index is 0.00000274. The third-order valence-corrected chi connectivity index (χ3v) is 5.88. The molecule has 2 N–H and O–H groups in total. The van der Waals surface area contributed by atoms with Crippen LogP contribution in [0, 0.1) is 19.7 Å². The molecular formula is C29H36FN5O5. The van der Waals surface area contributed by atoms with Gasteiger partial charge in [0, 0.05) is 39.8 Å². The number of anilines is 4. The van der Waals surface area contributed by atoms with Gasteiger partial charge in [0.25, 0.3) is 17.4 Å². The highest BCUT2D eigenvalue weighted by atomic mass is 19.1. The van der Waals surface area contributed by atoms with E-state index in [0.717, 1.165) is 4.90 Å². The van der Waals surface area contributed by atoms with Crippen molar-refractivity contribution in [2.24, 2.45) is 7.05 Å². The summed E-state index contributed by atoms with van der Waals surface area (Å²) < 4.78 is 21.5. The molecule has 0 aliphatic rings. The minimum absolute atomic E-state index is 0.0101. The SMILES string of the molecule is CC.CNC(=O)COc1cccc(N(C=O)c2c(C(=O)N(C)C)c(Nc3ccc(C)cc3F)n(C)c(=O)c2C)c1. The fourth-order valence-electron chi connectivity index (χ4n) is 3.83. The molecule has 1 heterocycles. The molecule has 214 valence electrons. The van der Waals surface area contributed by atoms with Gasteiger partial charge >= 0.3 is 0 Å². The number of benzene rings is 2. The average Bonchev–Trinajstić information content (AvgIpc) is 2.95. The van der Waals surface area contributed by atoms with Crippen LogP contribution in [0.1, 0.15) is 35.3 Å². The number of nitrogens with zero attached hydrogens (tertiary/aromatic N) is 3. The molecule has 11 heteroatoms. The van der Waals surface area contributed by atoms with E-state index in [4.69, 9.17) is 4.74 Å². The van der Waals surface area contributed by atoms with Crippen LogP contribution in [0.3, 0.4) is 0 Å². The lowest BCUT2D eigenvalue weighted by atomic mass is 10.1. The highest BCUT2D eigenvalue weighted by Gasteiger charge is 2.29. The molecule has 0 bridgehead atoms. The van der Waals surface area contributed by atoms with E-state index in [0.29, 0.717) is 17.7 Å². The number of aromatic nitrogens is 1. The van der Waals surface area contributed by atoms with Crippen LogP contribution in [0.15, 0.2) is 47.3 Å². The minimum Gasteiger partial charge on any atom is -0.484 e. The predicted octanol–water partition coefficient (Wildman–Crippen LogP) is 4.03. The Morgan fingerprint density at radius 3 is 2.35 bits per heavy atom. The number of rotatable bonds is 9. The molecule has 0 saturated heterocycles. The quantitative estimate of drug-likeness (QED) is 0.387. The first kappa shape index (κ1) is 31.5. The Morgan fingerprint density at radius 2 is 1.77 bits per heavy atom. The van der Waals surface area contributed by atoms with Crippen LogP contribution in [0.4, 0.5) is 27.3 Å². The number of carbonyl (C=O) groups is 3. The van der Waals surface area contributed by atoms with Crippen molar-refractivity contribution in [2.75, 3.05) is 38.0 Å². The second-order valence-electron chi connectivity index (χ2n) is 8.80. The molecule has 0 spiro atoms. The van der Waals surface area contributed by atoms with Crippen molar-refractivity contribution in [3.05, 3.63) is 75.3 Å². The lowest BCUT2D eigenvalue weighted by Gasteiger charge is -2.27. The van der Waals surface area contributed by atoms with Gasteiger partial charge in [-0.2, -0.15) is 0 Å². The smallest absolute Gasteiger partial charge is 0.259 e. The highest BCUT2D eigenvalue weighted by Crippen LogP contribution is 2.36. The first-order valence-electron chi connectivity index (χ1n) is 12.7. The van der Waals surface area contributed by atoms with E-state index in [-0.39, 0.29) is 46.5 Å². The Kier molecular flexibility index (Phi) is 11.0. The summed E-state index contributed by atoms with van der Waals surface area (Å²) in [4.78, 5) is 53.4. The molecule has 3 amide bonds. The van der Waals surface area contributed by atoms with Gasteiger partial charge in [0.15, 0.2) is 6.61 Å². The summed E-state index contributed by atoms with van der Waals surface area (Å²) >= 11 is 0. The van der Waals surface area contributed by atoms with Gasteiger partial charge in [-0.3, -0.25) is 28.6 Å². The molecule has 0 atom stereocenters. The molecule has 0 saturated carbocycles. The zero-order chi connectivity index (χ0) is 30.1. The van der Waals surface area contributed by atoms with Crippen molar-refractivity contribution >= 4 is 41.1 Å². The van der Waals surface area contributed by atoms with E-state index in [9.17, 15) is 23.6 Å². The first-order chi connectivity index (χ1) is 19.0. The fraction of sp³-hybridized carbons (Fsp3) is 0.310. The van der Waals surface area contributed by atoms with E-state index in [1.807, 2.05) is 13.8 Å². The summed E-state index contributed by atoms with van der Waals surface area (Å²) in [5, 5.41) is 5.34. The van der Waals surface area contributed by atoms with E-state index >= 15 is 0 Å². The van der Waals surface area contributed by atoms with Gasteiger partial charge in [0.2, 0.25) is 6.41 Å². The predicted molar refractivity (Wildman–Crippen MR) is 154 cm³/mol. The number of hydrogen-bond acceptors (Lipinski definition) is 6. The van der Waals surface area contributed by atoms with E-state index in [2.05, 4.69) is 10.6 Å². The molecule has 0 radical (unpaired) electrons. The summed E-state index contributed by atoms with van der Waals surface area (Å²) in [6, 6.07) is 10.8. The number of carbonyl (C=O) groups excluding carboxylic acids is 3. The number of halogens is 1. The molecule has 2 aromatic carbocycles. The average molecular weight is 554 g/mol. The van der Waals surface area contributed by atoms with Gasteiger partial charge in [0.1, 0.15) is 22.9 Å². The molecule has 40 heavy (non-hydrogen) atoms. The van der Waals surface area contributed by atoms with E-state index < -0.39 is 17.3 Å². The van der Waals surface area contributed by atoms with Crippen LogP contribution < -0.4 is 25.8 Å². The van der Waals surface area contributed by atoms with Gasteiger partial charge in [-0.05, 0) is 43.7 Å². The Hall–Kier alpha value is -4.67. The number of pyridine rings is 1. The number of amides is 3. The van der Waals surface area contributed by atoms with Gasteiger partial charge in [0.05, 0.1) is 17.1 Å². The maximum atomic E-state index is 14.8. The fourth-order valence-corrected chi connectivity index (χ4v) is 3.83. The van der Waals surface area contributed by atoms with Crippen LogP contribution in [-0.2, 0) is 16.6 Å². The van der Waals surface area contributed by atoms with E-state index in [1.54, 1.807) is 31.2 Å². The molecule has 0 aliphatic heterocycles. The summed E-state index contributed by atoms with van der Waals surface area (Å²) in [6.45, 7) is 7.00. The monoisotopic (exact) mass is 553 g/mol. The number of ether oxygens (including phenoxy) is 1. The van der Waals surface area contributed by atoms with Crippen LogP contribution in [-0.4, -0.2) is 55.4 Å². The Morgan fingerprint density at radius 1 is 1.10 bits per heavy atom. The normalized spacial score (nSPS) is 10.1. The third kappa shape index (κ3) is 6.85. The standard InChI is InChI=1S/C27H30FN5O5.C2H6/c1-16-10-11-21(20(28)12-16)30-25-23(27(37)31(4)5)24(17(2)26(36)32(25)6)33(15-34)18-8-7-9-19(13-18)38-14-22(35)29-3;1-2/h7-13,15,30H,14H2,1-6H3,(H,29,35);1-2H3. The maximum absolute atomic E-state index is 14.8. The molecule has 0 fully saturated rings. The van der Waals surface area contributed by atoms with Crippen molar-refractivity contribution in [3.63, 3.8) is 0 Å². The van der Waals surface area contributed by atoms with Crippen molar-refractivity contribution in [2.45, 2.75) is 27.7 Å². The summed E-state index contributed by atoms with van der Waals surface area (Å²) in [6.07, 6.45) is 0.475. The van der Waals surface area contributed by atoms with Crippen molar-refractivity contribution in [3.8, 4) is 5.75 Å². The lowest BCUT2D eigenvalue weighted by molar-refractivity contribution is -0.122. The second-order valence-corrected chi connectivity index (χ2v) is 8.80. The number of hydrogen-bond donors (Lipinski definition) is 2. The second kappa shape index (κ2) is 13.9. The van der Waals surface area contributed by atoms with Crippen LogP contribution in [0.2, 0.25) is 0 Å². The molecule has 3 aromatic rings. The molecule has 1 aromatic heterocycles. The number of likely N-dealkylation sites (N-methyl/N-ethyl adjacent to an activating group) is 1. The molecule has 0 aliphatic carbocycles. The van der Waals surface area contributed by atoms with Gasteiger partial charge in [-0.15, -0.1) is 0 Å².